The van der Waals surface area contributed by atoms with Crippen molar-refractivity contribution in [2.75, 3.05) is 13.2 Å². The number of nitrogens with one attached hydrogen (secondary N) is 1. The third kappa shape index (κ3) is 4.80. The molecule has 1 aromatic heterocycles. The molecule has 1 aliphatic rings. The number of carbonyl (C=O) groups excluding carboxylic acids is 1. The van der Waals surface area contributed by atoms with E-state index in [0.717, 1.165) is 18.5 Å². The number of ether oxygens (including phenoxy) is 1. The zero-order valence-corrected chi connectivity index (χ0v) is 15.4. The van der Waals surface area contributed by atoms with Crippen LogP contribution in [0.3, 0.4) is 0 Å². The molecule has 3 N–H and O–H groups in total. The molecule has 0 unspecified atom stereocenters. The number of carbonyl (C=O) groups is 1. The fourth-order valence-corrected chi connectivity index (χ4v) is 3.47. The molecule has 0 spiro atoms. The van der Waals surface area contributed by atoms with Crippen LogP contribution in [0.15, 0.2) is 12.3 Å². The molecule has 2 heterocycles. The largest absolute Gasteiger partial charge is 0.370 e. The quantitative estimate of drug-likeness (QED) is 0.764. The summed E-state index contributed by atoms with van der Waals surface area (Å²) >= 11 is 0. The number of aromatic nitrogens is 2. The maximum Gasteiger partial charge on any atom is 0.220 e. The Kier molecular flexibility index (Phi) is 6.80. The smallest absolute Gasteiger partial charge is 0.220 e. The zero-order chi connectivity index (χ0) is 17.7. The van der Waals surface area contributed by atoms with E-state index in [1.54, 1.807) is 6.20 Å². The Morgan fingerprint density at radius 3 is 2.83 bits per heavy atom. The van der Waals surface area contributed by atoms with E-state index < -0.39 is 0 Å². The first-order valence-electron chi connectivity index (χ1n) is 9.06. The van der Waals surface area contributed by atoms with Crippen LogP contribution in [0.25, 0.3) is 0 Å². The third-order valence-electron chi connectivity index (χ3n) is 4.53. The van der Waals surface area contributed by atoms with Gasteiger partial charge in [-0.1, -0.05) is 13.8 Å². The number of nitrogens with zero attached hydrogens (tertiary/aromatic N) is 2. The van der Waals surface area contributed by atoms with Gasteiger partial charge in [-0.25, -0.2) is 0 Å². The van der Waals surface area contributed by atoms with E-state index in [2.05, 4.69) is 38.1 Å². The van der Waals surface area contributed by atoms with Crippen LogP contribution in [0.5, 0.6) is 0 Å². The van der Waals surface area contributed by atoms with Gasteiger partial charge in [0.15, 0.2) is 0 Å². The average molecular weight is 336 g/mol. The molecule has 0 radical (unpaired) electrons. The summed E-state index contributed by atoms with van der Waals surface area (Å²) in [6, 6.07) is 2.25. The molecule has 1 saturated heterocycles. The average Bonchev–Trinajstić information content (AvgIpc) is 3.13. The van der Waals surface area contributed by atoms with Crippen molar-refractivity contribution in [3.63, 3.8) is 0 Å². The molecular formula is C18H32N4O2. The molecule has 0 bridgehead atoms. The van der Waals surface area contributed by atoms with E-state index in [1.807, 2.05) is 10.7 Å². The highest BCUT2D eigenvalue weighted by molar-refractivity contribution is 5.76. The normalized spacial score (nSPS) is 22.3. The van der Waals surface area contributed by atoms with Crippen LogP contribution in [0.1, 0.15) is 64.8 Å². The molecule has 6 nitrogen and oxygen atoms in total. The molecule has 136 valence electrons. The fraction of sp³-hybridized carbons (Fsp3) is 0.778. The van der Waals surface area contributed by atoms with Gasteiger partial charge in [-0.3, -0.25) is 9.48 Å². The van der Waals surface area contributed by atoms with E-state index in [-0.39, 0.29) is 30.0 Å². The second kappa shape index (κ2) is 8.62. The summed E-state index contributed by atoms with van der Waals surface area (Å²) in [6.07, 6.45) is 3.97. The predicted octanol–water partition coefficient (Wildman–Crippen LogP) is 2.42. The Hall–Kier alpha value is -1.40. The maximum atomic E-state index is 12.4. The van der Waals surface area contributed by atoms with Crippen LogP contribution < -0.4 is 11.1 Å². The van der Waals surface area contributed by atoms with E-state index in [9.17, 15) is 4.79 Å². The zero-order valence-electron chi connectivity index (χ0n) is 15.4. The van der Waals surface area contributed by atoms with Gasteiger partial charge in [-0.05, 0) is 51.1 Å². The lowest BCUT2D eigenvalue weighted by Crippen LogP contribution is -2.39. The Morgan fingerprint density at radius 1 is 1.46 bits per heavy atom. The Bertz CT molecular complexity index is 527. The van der Waals surface area contributed by atoms with Crippen molar-refractivity contribution in [2.45, 2.75) is 65.1 Å². The van der Waals surface area contributed by atoms with Gasteiger partial charge in [-0.15, -0.1) is 0 Å². The molecule has 1 amide bonds. The van der Waals surface area contributed by atoms with Crippen LogP contribution >= 0.6 is 0 Å². The summed E-state index contributed by atoms with van der Waals surface area (Å²) in [5, 5.41) is 7.54. The van der Waals surface area contributed by atoms with Crippen molar-refractivity contribution in [1.29, 1.82) is 0 Å². The topological polar surface area (TPSA) is 82.2 Å². The van der Waals surface area contributed by atoms with Gasteiger partial charge in [0.05, 0.1) is 11.7 Å². The van der Waals surface area contributed by atoms with E-state index >= 15 is 0 Å². The van der Waals surface area contributed by atoms with E-state index in [1.165, 1.54) is 0 Å². The standard InChI is InChI=1S/C18H32N4O2/c1-12(2)9-14(11-19)10-17(23)21-15-6-8-24-18(15)16-5-7-20-22(16)13(3)4/h5,7,12-15,18H,6,8-11,19H2,1-4H3,(H,21,23)/t14-,15-,18-/m0/s1. The molecule has 2 rings (SSSR count). The van der Waals surface area contributed by atoms with Crippen LogP contribution in [-0.2, 0) is 9.53 Å². The second-order valence-electron chi connectivity index (χ2n) is 7.48. The number of hydrogen-bond donors (Lipinski definition) is 2. The van der Waals surface area contributed by atoms with Crippen LogP contribution in [-0.4, -0.2) is 34.9 Å². The van der Waals surface area contributed by atoms with Gasteiger partial charge in [0.1, 0.15) is 6.10 Å². The Morgan fingerprint density at radius 2 is 2.21 bits per heavy atom. The minimum absolute atomic E-state index is 0.00387. The predicted molar refractivity (Wildman–Crippen MR) is 94.5 cm³/mol. The summed E-state index contributed by atoms with van der Waals surface area (Å²) in [7, 11) is 0. The first kappa shape index (κ1) is 18.9. The maximum absolute atomic E-state index is 12.4. The molecule has 0 aliphatic carbocycles. The summed E-state index contributed by atoms with van der Waals surface area (Å²) in [5.41, 5.74) is 6.85. The minimum atomic E-state index is -0.125. The Labute approximate surface area is 145 Å². The molecule has 24 heavy (non-hydrogen) atoms. The lowest BCUT2D eigenvalue weighted by Gasteiger charge is -2.23. The molecule has 0 saturated carbocycles. The molecule has 6 heteroatoms. The molecule has 1 aliphatic heterocycles. The van der Waals surface area contributed by atoms with Crippen molar-refractivity contribution in [3.05, 3.63) is 18.0 Å². The fourth-order valence-electron chi connectivity index (χ4n) is 3.47. The van der Waals surface area contributed by atoms with Crippen LogP contribution in [0.4, 0.5) is 0 Å². The van der Waals surface area contributed by atoms with E-state index in [4.69, 9.17) is 10.5 Å². The summed E-state index contributed by atoms with van der Waals surface area (Å²) < 4.78 is 7.87. The van der Waals surface area contributed by atoms with Crippen molar-refractivity contribution in [3.8, 4) is 0 Å². The van der Waals surface area contributed by atoms with Gasteiger partial charge in [0.2, 0.25) is 5.91 Å². The van der Waals surface area contributed by atoms with Crippen LogP contribution in [0.2, 0.25) is 0 Å². The number of rotatable bonds is 8. The first-order chi connectivity index (χ1) is 11.4. The molecular weight excluding hydrogens is 304 g/mol. The molecule has 0 aromatic carbocycles. The number of amides is 1. The summed E-state index contributed by atoms with van der Waals surface area (Å²) in [4.78, 5) is 12.4. The number of nitrogens with two attached hydrogens (primary N) is 1. The number of hydrogen-bond acceptors (Lipinski definition) is 4. The molecule has 1 aromatic rings. The third-order valence-corrected chi connectivity index (χ3v) is 4.53. The second-order valence-corrected chi connectivity index (χ2v) is 7.48. The van der Waals surface area contributed by atoms with Gasteiger partial charge < -0.3 is 15.8 Å². The van der Waals surface area contributed by atoms with Gasteiger partial charge in [-0.2, -0.15) is 5.10 Å². The van der Waals surface area contributed by atoms with Gasteiger partial charge >= 0.3 is 0 Å². The Balaban J connectivity index is 1.98. The van der Waals surface area contributed by atoms with Crippen molar-refractivity contribution >= 4 is 5.91 Å². The van der Waals surface area contributed by atoms with Crippen molar-refractivity contribution in [2.24, 2.45) is 17.6 Å². The lowest BCUT2D eigenvalue weighted by molar-refractivity contribution is -0.123. The highest BCUT2D eigenvalue weighted by Gasteiger charge is 2.33. The van der Waals surface area contributed by atoms with E-state index in [0.29, 0.717) is 25.5 Å². The van der Waals surface area contributed by atoms with Crippen molar-refractivity contribution in [1.82, 2.24) is 15.1 Å². The van der Waals surface area contributed by atoms with Gasteiger partial charge in [0.25, 0.3) is 0 Å². The highest BCUT2D eigenvalue weighted by Crippen LogP contribution is 2.30. The minimum Gasteiger partial charge on any atom is -0.370 e. The lowest BCUT2D eigenvalue weighted by atomic mass is 9.93. The summed E-state index contributed by atoms with van der Waals surface area (Å²) in [6.45, 7) is 9.72. The monoisotopic (exact) mass is 336 g/mol. The summed E-state index contributed by atoms with van der Waals surface area (Å²) in [5.74, 6) is 0.864. The van der Waals surface area contributed by atoms with Gasteiger partial charge in [0, 0.05) is 25.3 Å². The van der Waals surface area contributed by atoms with Crippen molar-refractivity contribution < 1.29 is 9.53 Å². The highest BCUT2D eigenvalue weighted by atomic mass is 16.5. The molecule has 1 fully saturated rings. The SMILES string of the molecule is CC(C)C[C@H](CN)CC(=O)N[C@H]1CCO[C@@H]1c1ccnn1C(C)C. The molecule has 3 atom stereocenters. The van der Waals surface area contributed by atoms with Crippen LogP contribution in [0, 0.1) is 11.8 Å². The first-order valence-corrected chi connectivity index (χ1v) is 9.06.